The molecule has 0 aliphatic carbocycles. The topological polar surface area (TPSA) is 48.7 Å². The van der Waals surface area contributed by atoms with Gasteiger partial charge in [-0.1, -0.05) is 6.92 Å². The van der Waals surface area contributed by atoms with Crippen molar-refractivity contribution < 1.29 is 9.47 Å². The number of aryl methyl sites for hydroxylation is 1. The van der Waals surface area contributed by atoms with Crippen LogP contribution in [-0.4, -0.2) is 27.8 Å². The molecule has 0 radical (unpaired) electrons. The van der Waals surface area contributed by atoms with Crippen molar-refractivity contribution in [2.75, 3.05) is 13.2 Å². The Bertz CT molecular complexity index is 810. The highest BCUT2D eigenvalue weighted by Gasteiger charge is 2.15. The number of rotatable bonds is 2. The number of fused-ring (bicyclic) bond motifs is 2. The van der Waals surface area contributed by atoms with Gasteiger partial charge in [0.05, 0.1) is 5.69 Å². The van der Waals surface area contributed by atoms with Crippen molar-refractivity contribution in [2.24, 2.45) is 0 Å². The van der Waals surface area contributed by atoms with Crippen LogP contribution < -0.4 is 9.47 Å². The minimum absolute atomic E-state index is 0.588. The lowest BCUT2D eigenvalue weighted by atomic mass is 10.0. The Morgan fingerprint density at radius 1 is 1.14 bits per heavy atom. The van der Waals surface area contributed by atoms with Gasteiger partial charge in [0, 0.05) is 18.0 Å². The van der Waals surface area contributed by atoms with Gasteiger partial charge < -0.3 is 9.47 Å². The fourth-order valence-corrected chi connectivity index (χ4v) is 2.60. The highest BCUT2D eigenvalue weighted by atomic mass is 16.6. The molecule has 0 saturated heterocycles. The lowest BCUT2D eigenvalue weighted by molar-refractivity contribution is 0.171. The van der Waals surface area contributed by atoms with E-state index in [0.29, 0.717) is 13.2 Å². The summed E-state index contributed by atoms with van der Waals surface area (Å²) in [5.74, 6) is 1.58. The minimum Gasteiger partial charge on any atom is -0.486 e. The fourth-order valence-electron chi connectivity index (χ4n) is 2.60. The van der Waals surface area contributed by atoms with Crippen molar-refractivity contribution in [2.45, 2.75) is 13.3 Å². The molecule has 0 amide bonds. The average molecular weight is 281 g/mol. The molecule has 2 aromatic heterocycles. The molecule has 0 fully saturated rings. The second kappa shape index (κ2) is 4.77. The molecule has 4 rings (SSSR count). The maximum Gasteiger partial charge on any atom is 0.162 e. The Kier molecular flexibility index (Phi) is 2.77. The molecular weight excluding hydrogens is 266 g/mol. The normalized spacial score (nSPS) is 13.6. The summed E-state index contributed by atoms with van der Waals surface area (Å²) in [6.45, 7) is 3.31. The van der Waals surface area contributed by atoms with E-state index in [2.05, 4.69) is 23.1 Å². The van der Waals surface area contributed by atoms with Crippen molar-refractivity contribution in [1.82, 2.24) is 14.6 Å². The summed E-state index contributed by atoms with van der Waals surface area (Å²) in [7, 11) is 0. The maximum absolute atomic E-state index is 5.66. The third-order valence-corrected chi connectivity index (χ3v) is 3.66. The Morgan fingerprint density at radius 3 is 2.86 bits per heavy atom. The van der Waals surface area contributed by atoms with E-state index in [4.69, 9.17) is 9.47 Å². The zero-order valence-corrected chi connectivity index (χ0v) is 11.7. The number of imidazole rings is 1. The van der Waals surface area contributed by atoms with Gasteiger partial charge in [-0.3, -0.25) is 0 Å². The Morgan fingerprint density at radius 2 is 2.00 bits per heavy atom. The van der Waals surface area contributed by atoms with Crippen LogP contribution in [0.2, 0.25) is 0 Å². The van der Waals surface area contributed by atoms with Crippen LogP contribution in [0.1, 0.15) is 12.5 Å². The molecule has 1 aliphatic rings. The fraction of sp³-hybridized carbons (Fsp3) is 0.250. The van der Waals surface area contributed by atoms with Crippen molar-refractivity contribution >= 4 is 5.65 Å². The van der Waals surface area contributed by atoms with Gasteiger partial charge in [-0.05, 0) is 36.2 Å². The number of benzene rings is 1. The summed E-state index contributed by atoms with van der Waals surface area (Å²) in [5.41, 5.74) is 4.03. The summed E-state index contributed by atoms with van der Waals surface area (Å²) >= 11 is 0. The molecule has 0 atom stereocenters. The van der Waals surface area contributed by atoms with Crippen LogP contribution in [0, 0.1) is 0 Å². The van der Waals surface area contributed by atoms with Crippen LogP contribution >= 0.6 is 0 Å². The first-order valence-electron chi connectivity index (χ1n) is 7.08. The van der Waals surface area contributed by atoms with Gasteiger partial charge in [0.15, 0.2) is 17.1 Å². The Hall–Kier alpha value is -2.56. The molecular formula is C16H15N3O2. The van der Waals surface area contributed by atoms with Crippen molar-refractivity contribution in [3.8, 4) is 22.8 Å². The lowest BCUT2D eigenvalue weighted by Crippen LogP contribution is -2.15. The number of aromatic nitrogens is 3. The van der Waals surface area contributed by atoms with Gasteiger partial charge in [0.2, 0.25) is 0 Å². The number of hydrogen-bond acceptors (Lipinski definition) is 4. The highest BCUT2D eigenvalue weighted by molar-refractivity contribution is 5.68. The molecule has 0 N–H and O–H groups in total. The van der Waals surface area contributed by atoms with E-state index in [0.717, 1.165) is 34.8 Å². The molecule has 0 bridgehead atoms. The standard InChI is InChI=1S/C16H15N3O2/c1-2-11-10-15-17-5-6-19(15)18-16(11)12-3-4-13-14(9-12)21-8-7-20-13/h3-6,9-10H,2,7-8H2,1H3. The minimum atomic E-state index is 0.588. The summed E-state index contributed by atoms with van der Waals surface area (Å²) in [6.07, 6.45) is 4.52. The van der Waals surface area contributed by atoms with Crippen LogP contribution in [0.3, 0.4) is 0 Å². The van der Waals surface area contributed by atoms with Crippen LogP contribution in [0.15, 0.2) is 36.7 Å². The van der Waals surface area contributed by atoms with E-state index in [1.54, 1.807) is 10.7 Å². The quantitative estimate of drug-likeness (QED) is 0.724. The zero-order chi connectivity index (χ0) is 14.2. The summed E-state index contributed by atoms with van der Waals surface area (Å²) in [6, 6.07) is 8.05. The number of nitrogens with zero attached hydrogens (tertiary/aromatic N) is 3. The lowest BCUT2D eigenvalue weighted by Gasteiger charge is -2.19. The van der Waals surface area contributed by atoms with Crippen molar-refractivity contribution in [1.29, 1.82) is 0 Å². The van der Waals surface area contributed by atoms with E-state index >= 15 is 0 Å². The first-order valence-corrected chi connectivity index (χ1v) is 7.08. The molecule has 3 heterocycles. The van der Waals surface area contributed by atoms with Crippen molar-refractivity contribution in [3.63, 3.8) is 0 Å². The maximum atomic E-state index is 5.66. The molecule has 1 aliphatic heterocycles. The van der Waals surface area contributed by atoms with E-state index in [1.807, 2.05) is 24.4 Å². The van der Waals surface area contributed by atoms with Crippen molar-refractivity contribution in [3.05, 3.63) is 42.2 Å². The SMILES string of the molecule is CCc1cc2nccn2nc1-c1ccc2c(c1)OCCO2. The number of ether oxygens (including phenoxy) is 2. The average Bonchev–Trinajstić information content (AvgIpc) is 3.00. The van der Waals surface area contributed by atoms with Crippen LogP contribution in [0.25, 0.3) is 16.9 Å². The predicted octanol–water partition coefficient (Wildman–Crippen LogP) is 2.73. The second-order valence-electron chi connectivity index (χ2n) is 4.96. The summed E-state index contributed by atoms with van der Waals surface area (Å²) in [4.78, 5) is 4.29. The molecule has 1 aromatic carbocycles. The Balaban J connectivity index is 1.88. The van der Waals surface area contributed by atoms with Gasteiger partial charge in [-0.15, -0.1) is 0 Å². The summed E-state index contributed by atoms with van der Waals surface area (Å²) < 4.78 is 13.0. The third-order valence-electron chi connectivity index (χ3n) is 3.66. The first kappa shape index (κ1) is 12.2. The molecule has 3 aromatic rings. The van der Waals surface area contributed by atoms with Gasteiger partial charge in [0.1, 0.15) is 13.2 Å². The summed E-state index contributed by atoms with van der Waals surface area (Å²) in [5, 5.41) is 4.68. The van der Waals surface area contributed by atoms with Gasteiger partial charge in [0.25, 0.3) is 0 Å². The molecule has 21 heavy (non-hydrogen) atoms. The molecule has 5 nitrogen and oxygen atoms in total. The van der Waals surface area contributed by atoms with E-state index in [9.17, 15) is 0 Å². The first-order chi connectivity index (χ1) is 10.3. The zero-order valence-electron chi connectivity index (χ0n) is 11.7. The van der Waals surface area contributed by atoms with E-state index in [1.165, 1.54) is 5.56 Å². The van der Waals surface area contributed by atoms with Crippen LogP contribution in [0.4, 0.5) is 0 Å². The van der Waals surface area contributed by atoms with Crippen LogP contribution in [0.5, 0.6) is 11.5 Å². The monoisotopic (exact) mass is 281 g/mol. The molecule has 0 spiro atoms. The second-order valence-corrected chi connectivity index (χ2v) is 4.96. The highest BCUT2D eigenvalue weighted by Crippen LogP contribution is 2.35. The smallest absolute Gasteiger partial charge is 0.162 e. The molecule has 0 saturated carbocycles. The van der Waals surface area contributed by atoms with Gasteiger partial charge in [-0.2, -0.15) is 5.10 Å². The molecule has 5 heteroatoms. The number of hydrogen-bond donors (Lipinski definition) is 0. The molecule has 106 valence electrons. The van der Waals surface area contributed by atoms with E-state index in [-0.39, 0.29) is 0 Å². The third kappa shape index (κ3) is 2.01. The largest absolute Gasteiger partial charge is 0.486 e. The van der Waals surface area contributed by atoms with Gasteiger partial charge in [-0.25, -0.2) is 9.50 Å². The van der Waals surface area contributed by atoms with E-state index < -0.39 is 0 Å². The predicted molar refractivity (Wildman–Crippen MR) is 78.8 cm³/mol. The Labute approximate surface area is 122 Å². The molecule has 0 unspecified atom stereocenters. The van der Waals surface area contributed by atoms with Crippen LogP contribution in [-0.2, 0) is 6.42 Å². The van der Waals surface area contributed by atoms with Gasteiger partial charge >= 0.3 is 0 Å².